The van der Waals surface area contributed by atoms with E-state index in [1.54, 1.807) is 0 Å². The zero-order valence-corrected chi connectivity index (χ0v) is 13.8. The predicted octanol–water partition coefficient (Wildman–Crippen LogP) is 5.21. The molecule has 1 N–H and O–H groups in total. The summed E-state index contributed by atoms with van der Waals surface area (Å²) < 4.78 is 1.21. The third-order valence-electron chi connectivity index (χ3n) is 4.14. The zero-order valence-electron chi connectivity index (χ0n) is 11.4. The summed E-state index contributed by atoms with van der Waals surface area (Å²) >= 11 is 5.36. The molecule has 0 aromatic carbocycles. The molecule has 102 valence electrons. The average Bonchev–Trinajstić information content (AvgIpc) is 2.62. The molecule has 3 heteroatoms. The van der Waals surface area contributed by atoms with Crippen LogP contribution in [0.15, 0.2) is 15.9 Å². The first-order chi connectivity index (χ1) is 8.65. The summed E-state index contributed by atoms with van der Waals surface area (Å²) in [6, 6.07) is 2.96. The molecular weight excluding hydrogens is 306 g/mol. The van der Waals surface area contributed by atoms with E-state index in [9.17, 15) is 0 Å². The highest BCUT2D eigenvalue weighted by atomic mass is 79.9. The number of nitrogens with one attached hydrogen (secondary N) is 1. The van der Waals surface area contributed by atoms with E-state index in [0.29, 0.717) is 0 Å². The van der Waals surface area contributed by atoms with Crippen molar-refractivity contribution in [3.05, 3.63) is 20.8 Å². The smallest absolute Gasteiger partial charge is 0.0302 e. The van der Waals surface area contributed by atoms with Gasteiger partial charge in [0, 0.05) is 27.3 Å². The van der Waals surface area contributed by atoms with Crippen LogP contribution in [-0.2, 0) is 6.54 Å². The summed E-state index contributed by atoms with van der Waals surface area (Å²) in [6.45, 7) is 5.79. The lowest BCUT2D eigenvalue weighted by Crippen LogP contribution is -2.27. The molecule has 1 fully saturated rings. The van der Waals surface area contributed by atoms with Crippen molar-refractivity contribution in [3.8, 4) is 0 Å². The average molecular weight is 330 g/mol. The molecule has 0 aliphatic heterocycles. The van der Waals surface area contributed by atoms with Crippen molar-refractivity contribution in [2.75, 3.05) is 0 Å². The predicted molar refractivity (Wildman–Crippen MR) is 84.1 cm³/mol. The Morgan fingerprint density at radius 2 is 2.17 bits per heavy atom. The topological polar surface area (TPSA) is 12.0 Å². The van der Waals surface area contributed by atoms with Crippen molar-refractivity contribution < 1.29 is 0 Å². The van der Waals surface area contributed by atoms with E-state index in [1.165, 1.54) is 41.5 Å². The summed E-state index contributed by atoms with van der Waals surface area (Å²) in [4.78, 5) is 1.44. The fourth-order valence-corrected chi connectivity index (χ4v) is 4.29. The Bertz CT molecular complexity index is 361. The van der Waals surface area contributed by atoms with Crippen LogP contribution in [0.5, 0.6) is 0 Å². The van der Waals surface area contributed by atoms with Gasteiger partial charge in [-0.25, -0.2) is 0 Å². The van der Waals surface area contributed by atoms with E-state index in [1.807, 2.05) is 11.3 Å². The minimum atomic E-state index is 0.731. The number of hydrogen-bond acceptors (Lipinski definition) is 2. The standard InChI is InChI=1S/C15H24BrNS/c1-11(2)12-4-3-5-14(7-6-12)17-9-15-8-13(16)10-18-15/h8,10-12,14,17H,3-7,9H2,1-2H3. The lowest BCUT2D eigenvalue weighted by atomic mass is 9.89. The lowest BCUT2D eigenvalue weighted by Gasteiger charge is -2.19. The van der Waals surface area contributed by atoms with Gasteiger partial charge in [0.25, 0.3) is 0 Å². The van der Waals surface area contributed by atoms with Crippen LogP contribution in [0.4, 0.5) is 0 Å². The largest absolute Gasteiger partial charge is 0.309 e. The van der Waals surface area contributed by atoms with Gasteiger partial charge in [0.05, 0.1) is 0 Å². The summed E-state index contributed by atoms with van der Waals surface area (Å²) in [6.07, 6.45) is 6.95. The van der Waals surface area contributed by atoms with Crippen molar-refractivity contribution in [2.45, 2.75) is 58.5 Å². The van der Waals surface area contributed by atoms with Crippen LogP contribution in [0.1, 0.15) is 50.8 Å². The van der Waals surface area contributed by atoms with E-state index < -0.39 is 0 Å². The molecule has 1 saturated carbocycles. The molecule has 2 rings (SSSR count). The van der Waals surface area contributed by atoms with Gasteiger partial charge >= 0.3 is 0 Å². The molecule has 0 spiro atoms. The van der Waals surface area contributed by atoms with E-state index in [0.717, 1.165) is 24.4 Å². The molecule has 1 nitrogen and oxygen atoms in total. The minimum Gasteiger partial charge on any atom is -0.309 e. The second-order valence-corrected chi connectivity index (χ2v) is 7.73. The highest BCUT2D eigenvalue weighted by Crippen LogP contribution is 2.29. The Hall–Kier alpha value is 0.140. The second kappa shape index (κ2) is 7.06. The normalized spacial score (nSPS) is 25.3. The molecule has 1 aliphatic carbocycles. The van der Waals surface area contributed by atoms with Gasteiger partial charge < -0.3 is 5.32 Å². The maximum Gasteiger partial charge on any atom is 0.0302 e. The Balaban J connectivity index is 1.77. The van der Waals surface area contributed by atoms with Crippen molar-refractivity contribution in [2.24, 2.45) is 11.8 Å². The summed E-state index contributed by atoms with van der Waals surface area (Å²) in [7, 11) is 0. The van der Waals surface area contributed by atoms with Gasteiger partial charge in [0.2, 0.25) is 0 Å². The van der Waals surface area contributed by atoms with Crippen molar-refractivity contribution in [3.63, 3.8) is 0 Å². The van der Waals surface area contributed by atoms with Crippen LogP contribution in [0, 0.1) is 11.8 Å². The number of hydrogen-bond donors (Lipinski definition) is 1. The van der Waals surface area contributed by atoms with E-state index >= 15 is 0 Å². The van der Waals surface area contributed by atoms with Gasteiger partial charge in [-0.3, -0.25) is 0 Å². The fraction of sp³-hybridized carbons (Fsp3) is 0.733. The first-order valence-corrected chi connectivity index (χ1v) is 8.78. The number of rotatable bonds is 4. The molecule has 18 heavy (non-hydrogen) atoms. The molecule has 0 amide bonds. The van der Waals surface area contributed by atoms with E-state index in [2.05, 4.69) is 46.5 Å². The van der Waals surface area contributed by atoms with Crippen LogP contribution < -0.4 is 5.32 Å². The van der Waals surface area contributed by atoms with Gasteiger partial charge in [0.1, 0.15) is 0 Å². The zero-order chi connectivity index (χ0) is 13.0. The van der Waals surface area contributed by atoms with Gasteiger partial charge in [-0.05, 0) is 53.1 Å². The molecule has 1 heterocycles. The van der Waals surface area contributed by atoms with Crippen LogP contribution in [0.3, 0.4) is 0 Å². The van der Waals surface area contributed by atoms with Crippen molar-refractivity contribution in [1.82, 2.24) is 5.32 Å². The Morgan fingerprint density at radius 3 is 2.83 bits per heavy atom. The first-order valence-electron chi connectivity index (χ1n) is 7.11. The second-order valence-electron chi connectivity index (χ2n) is 5.82. The summed E-state index contributed by atoms with van der Waals surface area (Å²) in [5, 5.41) is 5.91. The quantitative estimate of drug-likeness (QED) is 0.748. The van der Waals surface area contributed by atoms with E-state index in [4.69, 9.17) is 0 Å². The third-order valence-corrected chi connectivity index (χ3v) is 5.84. The molecule has 0 bridgehead atoms. The van der Waals surface area contributed by atoms with Crippen molar-refractivity contribution >= 4 is 27.3 Å². The maximum absolute atomic E-state index is 3.74. The molecule has 1 aliphatic rings. The highest BCUT2D eigenvalue weighted by molar-refractivity contribution is 9.10. The lowest BCUT2D eigenvalue weighted by molar-refractivity contribution is 0.338. The van der Waals surface area contributed by atoms with Crippen LogP contribution in [-0.4, -0.2) is 6.04 Å². The molecule has 2 unspecified atom stereocenters. The molecular formula is C15H24BrNS. The Morgan fingerprint density at radius 1 is 1.33 bits per heavy atom. The minimum absolute atomic E-state index is 0.731. The van der Waals surface area contributed by atoms with Gasteiger partial charge in [-0.2, -0.15) is 0 Å². The first kappa shape index (κ1) is 14.5. The van der Waals surface area contributed by atoms with Gasteiger partial charge in [0.15, 0.2) is 0 Å². The Kier molecular flexibility index (Phi) is 5.71. The molecule has 1 aromatic heterocycles. The third kappa shape index (κ3) is 4.36. The van der Waals surface area contributed by atoms with E-state index in [-0.39, 0.29) is 0 Å². The maximum atomic E-state index is 3.74. The summed E-state index contributed by atoms with van der Waals surface area (Å²) in [5.41, 5.74) is 0. The molecule has 2 atom stereocenters. The highest BCUT2D eigenvalue weighted by Gasteiger charge is 2.20. The monoisotopic (exact) mass is 329 g/mol. The molecule has 0 radical (unpaired) electrons. The van der Waals surface area contributed by atoms with Crippen LogP contribution in [0.25, 0.3) is 0 Å². The molecule has 0 saturated heterocycles. The number of halogens is 1. The SMILES string of the molecule is CC(C)C1CCCC(NCc2cc(Br)cs2)CC1. The fourth-order valence-electron chi connectivity index (χ4n) is 2.89. The Labute approximate surface area is 123 Å². The van der Waals surface area contributed by atoms with Crippen LogP contribution >= 0.6 is 27.3 Å². The van der Waals surface area contributed by atoms with Crippen molar-refractivity contribution in [1.29, 1.82) is 0 Å². The summed E-state index contributed by atoms with van der Waals surface area (Å²) in [5.74, 6) is 1.81. The van der Waals surface area contributed by atoms with Crippen LogP contribution in [0.2, 0.25) is 0 Å². The molecule has 1 aromatic rings. The van der Waals surface area contributed by atoms with Gasteiger partial charge in [-0.1, -0.05) is 26.7 Å². The number of thiophene rings is 1. The van der Waals surface area contributed by atoms with Gasteiger partial charge in [-0.15, -0.1) is 11.3 Å².